The minimum atomic E-state index is -5.20. The average molecular weight is 617 g/mol. The predicted octanol–water partition coefficient (Wildman–Crippen LogP) is 5.56. The molecule has 2 aliphatic rings. The van der Waals surface area contributed by atoms with Crippen molar-refractivity contribution in [3.63, 3.8) is 0 Å². The number of ketones is 1. The molecule has 0 aliphatic carbocycles. The number of rotatable bonds is 9. The molecule has 1 saturated heterocycles. The summed E-state index contributed by atoms with van der Waals surface area (Å²) in [5.74, 6) is -0.873. The minimum Gasteiger partial charge on any atom is -0.493 e. The monoisotopic (exact) mass is 616 g/mol. The Bertz CT molecular complexity index is 1620. The van der Waals surface area contributed by atoms with Crippen molar-refractivity contribution in [3.05, 3.63) is 70.7 Å². The van der Waals surface area contributed by atoms with Gasteiger partial charge in [0, 0.05) is 41.5 Å². The first-order valence-electron chi connectivity index (χ1n) is 14.0. The lowest BCUT2D eigenvalue weighted by atomic mass is 9.83. The molecule has 2 atom stereocenters. The highest BCUT2D eigenvalue weighted by Crippen LogP contribution is 2.49. The Balaban J connectivity index is 1.47. The largest absolute Gasteiger partial charge is 0.493 e. The van der Waals surface area contributed by atoms with Crippen LogP contribution in [0, 0.1) is 12.7 Å². The number of amides is 1. The van der Waals surface area contributed by atoms with E-state index in [1.54, 1.807) is 13.8 Å². The number of carbonyl (C=O) groups excluding carboxylic acids is 2. The van der Waals surface area contributed by atoms with E-state index in [4.69, 9.17) is 14.2 Å². The highest BCUT2D eigenvalue weighted by atomic mass is 19.4. The molecular weight excluding hydrogens is 584 g/mol. The van der Waals surface area contributed by atoms with Crippen LogP contribution in [0.4, 0.5) is 17.6 Å². The Morgan fingerprint density at radius 3 is 2.55 bits per heavy atom. The van der Waals surface area contributed by atoms with Crippen molar-refractivity contribution in [2.24, 2.45) is 0 Å². The third kappa shape index (κ3) is 5.70. The zero-order valence-corrected chi connectivity index (χ0v) is 24.6. The summed E-state index contributed by atoms with van der Waals surface area (Å²) in [5.41, 5.74) is -3.83. The molecule has 0 radical (unpaired) electrons. The fourth-order valence-corrected chi connectivity index (χ4v) is 5.34. The summed E-state index contributed by atoms with van der Waals surface area (Å²) in [4.78, 5) is 29.3. The first-order valence-corrected chi connectivity index (χ1v) is 14.0. The second kappa shape index (κ2) is 11.4. The maximum atomic E-state index is 14.7. The number of methoxy groups -OCH3 is 1. The van der Waals surface area contributed by atoms with Crippen LogP contribution in [0.3, 0.4) is 0 Å². The van der Waals surface area contributed by atoms with E-state index >= 15 is 0 Å². The number of alkyl halides is 3. The molecule has 2 aliphatic heterocycles. The van der Waals surface area contributed by atoms with Gasteiger partial charge in [-0.3, -0.25) is 9.59 Å². The van der Waals surface area contributed by atoms with Gasteiger partial charge in [0.2, 0.25) is 5.60 Å². The summed E-state index contributed by atoms with van der Waals surface area (Å²) in [6.45, 7) is 5.72. The Morgan fingerprint density at radius 1 is 1.16 bits per heavy atom. The summed E-state index contributed by atoms with van der Waals surface area (Å²) in [5, 5.41) is 13.9. The molecule has 1 aromatic heterocycles. The van der Waals surface area contributed by atoms with Gasteiger partial charge in [-0.15, -0.1) is 0 Å². The number of benzene rings is 2. The van der Waals surface area contributed by atoms with Gasteiger partial charge in [-0.2, -0.15) is 13.2 Å². The maximum absolute atomic E-state index is 14.7. The van der Waals surface area contributed by atoms with Crippen molar-refractivity contribution in [2.75, 3.05) is 20.3 Å². The molecule has 0 bridgehead atoms. The number of nitrogens with zero attached hydrogens (tertiary/aromatic N) is 1. The lowest BCUT2D eigenvalue weighted by Crippen LogP contribution is -2.43. The van der Waals surface area contributed by atoms with Crippen LogP contribution in [-0.4, -0.2) is 54.3 Å². The average Bonchev–Trinajstić information content (AvgIpc) is 3.53. The number of pyridine rings is 1. The molecule has 2 N–H and O–H groups in total. The fourth-order valence-electron chi connectivity index (χ4n) is 5.34. The molecule has 0 saturated carbocycles. The van der Waals surface area contributed by atoms with Crippen LogP contribution < -0.4 is 19.5 Å². The summed E-state index contributed by atoms with van der Waals surface area (Å²) >= 11 is 0. The molecule has 0 spiro atoms. The molecule has 44 heavy (non-hydrogen) atoms. The first-order chi connectivity index (χ1) is 20.6. The fraction of sp³-hybridized carbons (Fsp3) is 0.406. The van der Waals surface area contributed by atoms with Crippen molar-refractivity contribution < 1.29 is 46.5 Å². The number of aryl methyl sites for hydroxylation is 1. The zero-order valence-electron chi connectivity index (χ0n) is 24.6. The van der Waals surface area contributed by atoms with Crippen molar-refractivity contribution in [2.45, 2.75) is 63.3 Å². The minimum absolute atomic E-state index is 0.0357. The number of ether oxygens (including phenoxy) is 3. The number of nitrogens with one attached hydrogen (secondary N) is 1. The van der Waals surface area contributed by atoms with Gasteiger partial charge in [0.05, 0.1) is 19.4 Å². The van der Waals surface area contributed by atoms with E-state index in [-0.39, 0.29) is 46.6 Å². The van der Waals surface area contributed by atoms with Crippen LogP contribution in [0.15, 0.2) is 42.5 Å². The molecule has 8 nitrogen and oxygen atoms in total. The smallest absolute Gasteiger partial charge is 0.422 e. The van der Waals surface area contributed by atoms with Crippen LogP contribution in [-0.2, 0) is 15.8 Å². The van der Waals surface area contributed by atoms with Gasteiger partial charge < -0.3 is 24.6 Å². The Hall–Kier alpha value is -4.19. The van der Waals surface area contributed by atoms with Crippen LogP contribution in [0.25, 0.3) is 11.3 Å². The van der Waals surface area contributed by atoms with Crippen LogP contribution >= 0.6 is 0 Å². The Kier molecular flexibility index (Phi) is 8.08. The van der Waals surface area contributed by atoms with Crippen molar-refractivity contribution in [3.8, 4) is 28.5 Å². The lowest BCUT2D eigenvalue weighted by molar-refractivity contribution is -0.270. The van der Waals surface area contributed by atoms with E-state index in [2.05, 4.69) is 10.3 Å². The maximum Gasteiger partial charge on any atom is 0.422 e. The number of hydrogen-bond donors (Lipinski definition) is 2. The molecule has 5 rings (SSSR count). The second-order valence-electron chi connectivity index (χ2n) is 11.7. The number of Topliss-reactive ketones (excluding diaryl/α,β-unsaturated/α-hetero) is 1. The van der Waals surface area contributed by atoms with Gasteiger partial charge in [-0.05, 0) is 61.4 Å². The lowest BCUT2D eigenvalue weighted by Gasteiger charge is -2.31. The number of fused-ring (bicyclic) bond motifs is 1. The van der Waals surface area contributed by atoms with Gasteiger partial charge in [0.1, 0.15) is 17.3 Å². The first kappa shape index (κ1) is 31.2. The molecule has 0 unspecified atom stereocenters. The Labute approximate surface area is 251 Å². The number of carbonyl (C=O) groups is 2. The van der Waals surface area contributed by atoms with E-state index in [0.717, 1.165) is 0 Å². The number of aromatic nitrogens is 1. The van der Waals surface area contributed by atoms with Gasteiger partial charge in [0.25, 0.3) is 5.91 Å². The quantitative estimate of drug-likeness (QED) is 0.240. The van der Waals surface area contributed by atoms with Gasteiger partial charge >= 0.3 is 6.18 Å². The van der Waals surface area contributed by atoms with Gasteiger partial charge in [-0.1, -0.05) is 13.8 Å². The van der Waals surface area contributed by atoms with Gasteiger partial charge in [-0.25, -0.2) is 9.37 Å². The van der Waals surface area contributed by atoms with E-state index in [0.29, 0.717) is 24.1 Å². The third-order valence-electron chi connectivity index (χ3n) is 8.07. The van der Waals surface area contributed by atoms with Crippen molar-refractivity contribution >= 4 is 11.7 Å². The predicted molar refractivity (Wildman–Crippen MR) is 151 cm³/mol. The van der Waals surface area contributed by atoms with Crippen molar-refractivity contribution in [1.82, 2.24) is 10.3 Å². The molecule has 3 aromatic rings. The molecule has 234 valence electrons. The number of hydrogen-bond acceptors (Lipinski definition) is 7. The summed E-state index contributed by atoms with van der Waals surface area (Å²) < 4.78 is 74.9. The highest BCUT2D eigenvalue weighted by molar-refractivity contribution is 5.96. The normalized spacial score (nSPS) is 18.7. The summed E-state index contributed by atoms with van der Waals surface area (Å²) in [6.07, 6.45) is -7.19. The van der Waals surface area contributed by atoms with E-state index < -0.39 is 53.4 Å². The number of halogens is 4. The highest BCUT2D eigenvalue weighted by Gasteiger charge is 2.56. The molecular formula is C32H32F4N2O6. The van der Waals surface area contributed by atoms with Crippen LogP contribution in [0.5, 0.6) is 17.2 Å². The molecule has 1 fully saturated rings. The summed E-state index contributed by atoms with van der Waals surface area (Å²) in [7, 11) is 1.33. The standard InChI is InChI=1S/C32H32F4N2O6/c1-17-13-19(5-7-21(17)33)27-28-20(30(2,3)16-43-28)15-26(38-27)31(41,32(34,35)36)11-9-22(39)18-6-8-23(25(14-18)42-4)44-24-10-12-37-29(24)40/h5-8,13-15,24,41H,9-12,16H2,1-4H3,(H,37,40)/t24-,31+/m1/s1. The molecule has 1 amide bonds. The molecule has 2 aromatic carbocycles. The van der Waals surface area contributed by atoms with E-state index in [1.807, 2.05) is 0 Å². The Morgan fingerprint density at radius 2 is 1.91 bits per heavy atom. The third-order valence-corrected chi connectivity index (χ3v) is 8.07. The van der Waals surface area contributed by atoms with E-state index in [9.17, 15) is 32.3 Å². The topological polar surface area (TPSA) is 107 Å². The van der Waals surface area contributed by atoms with Crippen LogP contribution in [0.1, 0.15) is 60.3 Å². The number of aliphatic hydroxyl groups is 1. The van der Waals surface area contributed by atoms with Gasteiger partial charge in [0.15, 0.2) is 23.4 Å². The zero-order chi connectivity index (χ0) is 32.0. The SMILES string of the molecule is COc1cc(C(=O)CC[C@](O)(c2cc3c(c(-c4ccc(F)c(C)c4)n2)OCC3(C)C)C(F)(F)F)ccc1O[C@@H]1CCNC1=O. The second-order valence-corrected chi connectivity index (χ2v) is 11.7. The summed E-state index contributed by atoms with van der Waals surface area (Å²) in [6, 6.07) is 9.30. The molecule has 12 heteroatoms. The van der Waals surface area contributed by atoms with E-state index in [1.165, 1.54) is 56.5 Å². The molecule has 3 heterocycles. The van der Waals surface area contributed by atoms with Crippen LogP contribution in [0.2, 0.25) is 0 Å². The van der Waals surface area contributed by atoms with Crippen molar-refractivity contribution in [1.29, 1.82) is 0 Å².